The Kier molecular flexibility index (Phi) is 3.94. The quantitative estimate of drug-likeness (QED) is 0.730. The summed E-state index contributed by atoms with van der Waals surface area (Å²) in [5.41, 5.74) is 0. The van der Waals surface area contributed by atoms with E-state index in [4.69, 9.17) is 17.0 Å². The molecular formula is C14H13N3OS2. The van der Waals surface area contributed by atoms with Crippen LogP contribution < -0.4 is 4.74 Å². The zero-order chi connectivity index (χ0) is 13.8. The van der Waals surface area contributed by atoms with Crippen molar-refractivity contribution in [1.29, 1.82) is 0 Å². The first-order valence-corrected chi connectivity index (χ1v) is 7.50. The molecule has 3 aromatic rings. The standard InChI is InChI=1S/C14H13N3OS2/c19-14-16-15-13(12-7-4-10-20-12)17(14)8-9-18-11-5-2-1-3-6-11/h1-7,10H,8-9H2,(H,16,19). The summed E-state index contributed by atoms with van der Waals surface area (Å²) in [4.78, 5) is 1.09. The Morgan fingerprint density at radius 3 is 2.80 bits per heavy atom. The molecule has 0 bridgehead atoms. The van der Waals surface area contributed by atoms with Crippen molar-refractivity contribution in [2.24, 2.45) is 0 Å². The number of H-pyrrole nitrogens is 1. The summed E-state index contributed by atoms with van der Waals surface area (Å²) >= 11 is 6.91. The van der Waals surface area contributed by atoms with Crippen molar-refractivity contribution < 1.29 is 4.74 Å². The molecule has 2 aromatic heterocycles. The lowest BCUT2D eigenvalue weighted by Gasteiger charge is -2.08. The minimum Gasteiger partial charge on any atom is -0.492 e. The molecule has 1 aromatic carbocycles. The van der Waals surface area contributed by atoms with Crippen LogP contribution in [0.4, 0.5) is 0 Å². The molecule has 4 nitrogen and oxygen atoms in total. The maximum absolute atomic E-state index is 5.70. The first-order valence-electron chi connectivity index (χ1n) is 6.21. The largest absolute Gasteiger partial charge is 0.492 e. The van der Waals surface area contributed by atoms with E-state index in [0.717, 1.165) is 16.5 Å². The number of hydrogen-bond donors (Lipinski definition) is 1. The third-order valence-corrected chi connectivity index (χ3v) is 4.00. The zero-order valence-electron chi connectivity index (χ0n) is 10.7. The molecule has 0 saturated carbocycles. The monoisotopic (exact) mass is 303 g/mol. The molecule has 0 atom stereocenters. The molecule has 0 unspecified atom stereocenters. The first kappa shape index (κ1) is 13.1. The highest BCUT2D eigenvalue weighted by molar-refractivity contribution is 7.71. The van der Waals surface area contributed by atoms with Crippen LogP contribution in [-0.4, -0.2) is 21.4 Å². The highest BCUT2D eigenvalue weighted by atomic mass is 32.1. The fourth-order valence-corrected chi connectivity index (χ4v) is 2.84. The van der Waals surface area contributed by atoms with Gasteiger partial charge in [-0.25, -0.2) is 0 Å². The molecule has 0 aliphatic carbocycles. The maximum Gasteiger partial charge on any atom is 0.195 e. The van der Waals surface area contributed by atoms with Gasteiger partial charge in [0.2, 0.25) is 0 Å². The van der Waals surface area contributed by atoms with Crippen molar-refractivity contribution in [2.75, 3.05) is 6.61 Å². The van der Waals surface area contributed by atoms with E-state index in [9.17, 15) is 0 Å². The number of thiophene rings is 1. The van der Waals surface area contributed by atoms with E-state index in [-0.39, 0.29) is 0 Å². The van der Waals surface area contributed by atoms with Crippen molar-refractivity contribution in [3.05, 3.63) is 52.6 Å². The Morgan fingerprint density at radius 2 is 2.05 bits per heavy atom. The summed E-state index contributed by atoms with van der Waals surface area (Å²) in [6, 6.07) is 13.8. The second kappa shape index (κ2) is 6.02. The fourth-order valence-electron chi connectivity index (χ4n) is 1.89. The molecule has 6 heteroatoms. The Bertz CT molecular complexity index is 716. The summed E-state index contributed by atoms with van der Waals surface area (Å²) in [6.45, 7) is 1.22. The maximum atomic E-state index is 5.70. The topological polar surface area (TPSA) is 42.8 Å². The number of hydrogen-bond acceptors (Lipinski definition) is 4. The van der Waals surface area contributed by atoms with Gasteiger partial charge in [-0.2, -0.15) is 5.10 Å². The third-order valence-electron chi connectivity index (χ3n) is 2.83. The number of ether oxygens (including phenoxy) is 1. The highest BCUT2D eigenvalue weighted by Gasteiger charge is 2.09. The molecular weight excluding hydrogens is 290 g/mol. The molecule has 3 rings (SSSR count). The third kappa shape index (κ3) is 2.81. The lowest BCUT2D eigenvalue weighted by atomic mass is 10.3. The van der Waals surface area contributed by atoms with Crippen molar-refractivity contribution in [3.8, 4) is 16.5 Å². The van der Waals surface area contributed by atoms with E-state index >= 15 is 0 Å². The highest BCUT2D eigenvalue weighted by Crippen LogP contribution is 2.22. The summed E-state index contributed by atoms with van der Waals surface area (Å²) < 4.78 is 8.28. The fraction of sp³-hybridized carbons (Fsp3) is 0.143. The van der Waals surface area contributed by atoms with Crippen molar-refractivity contribution in [1.82, 2.24) is 14.8 Å². The van der Waals surface area contributed by atoms with E-state index in [1.54, 1.807) is 11.3 Å². The molecule has 0 radical (unpaired) electrons. The van der Waals surface area contributed by atoms with Gasteiger partial charge < -0.3 is 4.74 Å². The van der Waals surface area contributed by atoms with Gasteiger partial charge in [-0.15, -0.1) is 11.3 Å². The minimum atomic E-state index is 0.552. The van der Waals surface area contributed by atoms with Crippen molar-refractivity contribution in [3.63, 3.8) is 0 Å². The number of rotatable bonds is 5. The summed E-state index contributed by atoms with van der Waals surface area (Å²) in [6.07, 6.45) is 0. The number of nitrogens with one attached hydrogen (secondary N) is 1. The van der Waals surface area contributed by atoms with Gasteiger partial charge in [-0.05, 0) is 35.8 Å². The second-order valence-corrected chi connectivity index (χ2v) is 5.48. The van der Waals surface area contributed by atoms with E-state index < -0.39 is 0 Å². The predicted molar refractivity (Wildman–Crippen MR) is 82.7 cm³/mol. The molecule has 0 aliphatic heterocycles. The van der Waals surface area contributed by atoms with E-state index in [0.29, 0.717) is 17.9 Å². The molecule has 102 valence electrons. The van der Waals surface area contributed by atoms with Crippen LogP contribution >= 0.6 is 23.6 Å². The summed E-state index contributed by atoms with van der Waals surface area (Å²) in [5.74, 6) is 1.72. The molecule has 20 heavy (non-hydrogen) atoms. The van der Waals surface area contributed by atoms with E-state index in [1.807, 2.05) is 52.4 Å². The molecule has 0 saturated heterocycles. The Balaban J connectivity index is 1.72. The predicted octanol–water partition coefficient (Wildman–Crippen LogP) is 3.75. The van der Waals surface area contributed by atoms with Gasteiger partial charge in [-0.3, -0.25) is 9.67 Å². The van der Waals surface area contributed by atoms with Gasteiger partial charge in [-0.1, -0.05) is 24.3 Å². The van der Waals surface area contributed by atoms with Crippen LogP contribution in [0.25, 0.3) is 10.7 Å². The Hall–Kier alpha value is -1.92. The number of benzene rings is 1. The van der Waals surface area contributed by atoms with Crippen LogP contribution in [0.5, 0.6) is 5.75 Å². The summed E-state index contributed by atoms with van der Waals surface area (Å²) in [5, 5.41) is 9.15. The number of para-hydroxylation sites is 1. The van der Waals surface area contributed by atoms with Gasteiger partial charge in [0.25, 0.3) is 0 Å². The van der Waals surface area contributed by atoms with Gasteiger partial charge in [0.05, 0.1) is 11.4 Å². The second-order valence-electron chi connectivity index (χ2n) is 4.14. The SMILES string of the molecule is S=c1[nH]nc(-c2cccs2)n1CCOc1ccccc1. The van der Waals surface area contributed by atoms with Gasteiger partial charge in [0, 0.05) is 0 Å². The van der Waals surface area contributed by atoms with Gasteiger partial charge in [0.15, 0.2) is 10.6 Å². The Labute approximate surface area is 125 Å². The molecule has 0 amide bonds. The summed E-state index contributed by atoms with van der Waals surface area (Å²) in [7, 11) is 0. The first-order chi connectivity index (χ1) is 9.84. The molecule has 2 heterocycles. The van der Waals surface area contributed by atoms with Crippen LogP contribution in [-0.2, 0) is 6.54 Å². The molecule has 0 aliphatic rings. The van der Waals surface area contributed by atoms with Crippen LogP contribution in [0.1, 0.15) is 0 Å². The van der Waals surface area contributed by atoms with Gasteiger partial charge >= 0.3 is 0 Å². The van der Waals surface area contributed by atoms with Crippen LogP contribution in [0.3, 0.4) is 0 Å². The van der Waals surface area contributed by atoms with Crippen molar-refractivity contribution in [2.45, 2.75) is 6.54 Å². The van der Waals surface area contributed by atoms with Crippen LogP contribution in [0.2, 0.25) is 0 Å². The average molecular weight is 303 g/mol. The van der Waals surface area contributed by atoms with Crippen LogP contribution in [0.15, 0.2) is 47.8 Å². The molecule has 0 spiro atoms. The zero-order valence-corrected chi connectivity index (χ0v) is 12.3. The van der Waals surface area contributed by atoms with Crippen molar-refractivity contribution >= 4 is 23.6 Å². The molecule has 0 fully saturated rings. The normalized spacial score (nSPS) is 10.6. The van der Waals surface area contributed by atoms with Gasteiger partial charge in [0.1, 0.15) is 12.4 Å². The van der Waals surface area contributed by atoms with E-state index in [2.05, 4.69) is 10.2 Å². The lowest BCUT2D eigenvalue weighted by Crippen LogP contribution is -2.09. The average Bonchev–Trinajstić information content (AvgIpc) is 3.11. The number of aromatic amines is 1. The minimum absolute atomic E-state index is 0.552. The Morgan fingerprint density at radius 1 is 1.20 bits per heavy atom. The smallest absolute Gasteiger partial charge is 0.195 e. The van der Waals surface area contributed by atoms with E-state index in [1.165, 1.54) is 0 Å². The van der Waals surface area contributed by atoms with Crippen LogP contribution in [0, 0.1) is 4.77 Å². The number of aromatic nitrogens is 3. The lowest BCUT2D eigenvalue weighted by molar-refractivity contribution is 0.298. The molecule has 1 N–H and O–H groups in total. The number of nitrogens with zero attached hydrogens (tertiary/aromatic N) is 2.